The van der Waals surface area contributed by atoms with E-state index in [1.807, 2.05) is 0 Å². The van der Waals surface area contributed by atoms with Gasteiger partial charge in [0, 0.05) is 50.6 Å². The highest BCUT2D eigenvalue weighted by atomic mass is 15.3. The number of hydrogen-bond acceptors (Lipinski definition) is 4. The molecule has 2 fully saturated rings. The number of rotatable bonds is 3. The Hall–Kier alpha value is -1.73. The van der Waals surface area contributed by atoms with E-state index >= 15 is 0 Å². The quantitative estimate of drug-likeness (QED) is 0.786. The van der Waals surface area contributed by atoms with Gasteiger partial charge in [0.1, 0.15) is 0 Å². The maximum Gasteiger partial charge on any atom is 0.0867 e. The normalized spacial score (nSPS) is 20.1. The zero-order chi connectivity index (χ0) is 13.8. The van der Waals surface area contributed by atoms with Crippen LogP contribution in [0.3, 0.4) is 0 Å². The second kappa shape index (κ2) is 6.15. The minimum atomic E-state index is 0.557. The molecule has 2 heterocycles. The number of nitrogens with zero attached hydrogens (tertiary/aromatic N) is 4. The van der Waals surface area contributed by atoms with Crippen molar-refractivity contribution in [2.24, 2.45) is 0 Å². The maximum atomic E-state index is 8.73. The summed E-state index contributed by atoms with van der Waals surface area (Å²) in [5.74, 6) is 0. The van der Waals surface area contributed by atoms with E-state index in [4.69, 9.17) is 5.26 Å². The predicted molar refractivity (Wildman–Crippen MR) is 82.2 cm³/mol. The highest BCUT2D eigenvalue weighted by Crippen LogP contribution is 2.24. The molecule has 4 nitrogen and oxygen atoms in total. The molecule has 0 bridgehead atoms. The summed E-state index contributed by atoms with van der Waals surface area (Å²) in [6, 6.07) is 11.2. The van der Waals surface area contributed by atoms with Gasteiger partial charge < -0.3 is 9.80 Å². The van der Waals surface area contributed by atoms with Gasteiger partial charge in [0.05, 0.1) is 12.6 Å². The average Bonchev–Trinajstić information content (AvgIpc) is 3.03. The van der Waals surface area contributed by atoms with E-state index in [0.29, 0.717) is 6.54 Å². The summed E-state index contributed by atoms with van der Waals surface area (Å²) in [7, 11) is 0. The van der Waals surface area contributed by atoms with Crippen LogP contribution in [0.25, 0.3) is 0 Å². The van der Waals surface area contributed by atoms with Crippen LogP contribution in [0.15, 0.2) is 24.3 Å². The van der Waals surface area contributed by atoms with Gasteiger partial charge in [-0.2, -0.15) is 5.26 Å². The standard InChI is InChI=1S/C16H22N4/c17-7-10-18-11-13-20(14-12-18)16-5-3-15(4-6-16)19-8-1-2-9-19/h3-6H,1-2,8-14H2. The summed E-state index contributed by atoms with van der Waals surface area (Å²) < 4.78 is 0. The van der Waals surface area contributed by atoms with E-state index in [9.17, 15) is 0 Å². The van der Waals surface area contributed by atoms with Gasteiger partial charge in [-0.15, -0.1) is 0 Å². The molecule has 0 atom stereocenters. The Morgan fingerprint density at radius 3 is 1.80 bits per heavy atom. The van der Waals surface area contributed by atoms with Gasteiger partial charge in [-0.1, -0.05) is 0 Å². The number of piperazine rings is 1. The molecule has 1 aromatic rings. The van der Waals surface area contributed by atoms with Gasteiger partial charge in [0.25, 0.3) is 0 Å². The molecule has 2 aliphatic rings. The Morgan fingerprint density at radius 2 is 1.30 bits per heavy atom. The molecule has 106 valence electrons. The lowest BCUT2D eigenvalue weighted by Crippen LogP contribution is -2.46. The van der Waals surface area contributed by atoms with Crippen LogP contribution in [0, 0.1) is 11.3 Å². The lowest BCUT2D eigenvalue weighted by Gasteiger charge is -2.35. The molecule has 3 rings (SSSR count). The molecular formula is C16H22N4. The molecule has 4 heteroatoms. The molecule has 20 heavy (non-hydrogen) atoms. The van der Waals surface area contributed by atoms with Crippen molar-refractivity contribution in [3.05, 3.63) is 24.3 Å². The summed E-state index contributed by atoms with van der Waals surface area (Å²) in [6.45, 7) is 6.97. The third-order valence-electron chi connectivity index (χ3n) is 4.35. The molecule has 0 aromatic heterocycles. The van der Waals surface area contributed by atoms with Crippen LogP contribution >= 0.6 is 0 Å². The molecule has 0 unspecified atom stereocenters. The van der Waals surface area contributed by atoms with E-state index in [2.05, 4.69) is 45.0 Å². The van der Waals surface area contributed by atoms with Gasteiger partial charge >= 0.3 is 0 Å². The summed E-state index contributed by atoms with van der Waals surface area (Å²) >= 11 is 0. The van der Waals surface area contributed by atoms with E-state index in [1.165, 1.54) is 37.3 Å². The smallest absolute Gasteiger partial charge is 0.0867 e. The van der Waals surface area contributed by atoms with Crippen molar-refractivity contribution in [2.75, 3.05) is 55.6 Å². The predicted octanol–water partition coefficient (Wildman–Crippen LogP) is 1.93. The molecule has 0 aliphatic carbocycles. The van der Waals surface area contributed by atoms with Crippen LogP contribution in [-0.2, 0) is 0 Å². The highest BCUT2D eigenvalue weighted by molar-refractivity contribution is 5.57. The van der Waals surface area contributed by atoms with Crippen molar-refractivity contribution in [3.8, 4) is 6.07 Å². The fraction of sp³-hybridized carbons (Fsp3) is 0.562. The minimum absolute atomic E-state index is 0.557. The van der Waals surface area contributed by atoms with Crippen LogP contribution in [0.4, 0.5) is 11.4 Å². The van der Waals surface area contributed by atoms with Gasteiger partial charge in [-0.3, -0.25) is 4.90 Å². The van der Waals surface area contributed by atoms with E-state index in [0.717, 1.165) is 26.2 Å². The van der Waals surface area contributed by atoms with Crippen molar-refractivity contribution < 1.29 is 0 Å². The van der Waals surface area contributed by atoms with Crippen molar-refractivity contribution in [1.82, 2.24) is 4.90 Å². The van der Waals surface area contributed by atoms with E-state index in [1.54, 1.807) is 0 Å². The Labute approximate surface area is 121 Å². The summed E-state index contributed by atoms with van der Waals surface area (Å²) in [6.07, 6.45) is 2.64. The molecule has 0 saturated carbocycles. The Balaban J connectivity index is 1.59. The third-order valence-corrected chi connectivity index (χ3v) is 4.35. The number of anilines is 2. The third kappa shape index (κ3) is 2.88. The van der Waals surface area contributed by atoms with Gasteiger partial charge in [-0.05, 0) is 37.1 Å². The van der Waals surface area contributed by atoms with Crippen LogP contribution < -0.4 is 9.80 Å². The van der Waals surface area contributed by atoms with Gasteiger partial charge in [0.15, 0.2) is 0 Å². The SMILES string of the molecule is N#CCN1CCN(c2ccc(N3CCCC3)cc2)CC1. The highest BCUT2D eigenvalue weighted by Gasteiger charge is 2.17. The zero-order valence-corrected chi connectivity index (χ0v) is 12.0. The average molecular weight is 270 g/mol. The van der Waals surface area contributed by atoms with Crippen molar-refractivity contribution in [2.45, 2.75) is 12.8 Å². The first-order valence-corrected chi connectivity index (χ1v) is 7.56. The Bertz CT molecular complexity index is 462. The second-order valence-corrected chi connectivity index (χ2v) is 5.63. The summed E-state index contributed by atoms with van der Waals surface area (Å²) in [4.78, 5) is 7.10. The van der Waals surface area contributed by atoms with E-state index < -0.39 is 0 Å². The number of nitriles is 1. The molecule has 2 saturated heterocycles. The van der Waals surface area contributed by atoms with Crippen LogP contribution in [0.5, 0.6) is 0 Å². The molecule has 0 N–H and O–H groups in total. The second-order valence-electron chi connectivity index (χ2n) is 5.63. The maximum absolute atomic E-state index is 8.73. The number of benzene rings is 1. The fourth-order valence-corrected chi connectivity index (χ4v) is 3.11. The summed E-state index contributed by atoms with van der Waals surface area (Å²) in [5, 5.41) is 8.73. The van der Waals surface area contributed by atoms with Crippen molar-refractivity contribution in [3.63, 3.8) is 0 Å². The minimum Gasteiger partial charge on any atom is -0.372 e. The van der Waals surface area contributed by atoms with E-state index in [-0.39, 0.29) is 0 Å². The zero-order valence-electron chi connectivity index (χ0n) is 12.0. The molecule has 0 amide bonds. The summed E-state index contributed by atoms with van der Waals surface area (Å²) in [5.41, 5.74) is 2.67. The van der Waals surface area contributed by atoms with Crippen molar-refractivity contribution >= 4 is 11.4 Å². The first-order valence-electron chi connectivity index (χ1n) is 7.56. The molecular weight excluding hydrogens is 248 g/mol. The van der Waals surface area contributed by atoms with Crippen molar-refractivity contribution in [1.29, 1.82) is 5.26 Å². The largest absolute Gasteiger partial charge is 0.372 e. The molecule has 0 spiro atoms. The Kier molecular flexibility index (Phi) is 4.08. The lowest BCUT2D eigenvalue weighted by atomic mass is 10.2. The number of hydrogen-bond donors (Lipinski definition) is 0. The molecule has 2 aliphatic heterocycles. The first kappa shape index (κ1) is 13.3. The lowest BCUT2D eigenvalue weighted by molar-refractivity contribution is 0.287. The van der Waals surface area contributed by atoms with Crippen LogP contribution in [0.2, 0.25) is 0 Å². The fourth-order valence-electron chi connectivity index (χ4n) is 3.11. The monoisotopic (exact) mass is 270 g/mol. The molecule has 0 radical (unpaired) electrons. The molecule has 1 aromatic carbocycles. The Morgan fingerprint density at radius 1 is 0.800 bits per heavy atom. The van der Waals surface area contributed by atoms with Crippen LogP contribution in [0.1, 0.15) is 12.8 Å². The van der Waals surface area contributed by atoms with Crippen LogP contribution in [-0.4, -0.2) is 50.7 Å². The van der Waals surface area contributed by atoms with Gasteiger partial charge in [0.2, 0.25) is 0 Å². The first-order chi connectivity index (χ1) is 9.86. The van der Waals surface area contributed by atoms with Gasteiger partial charge in [-0.25, -0.2) is 0 Å². The topological polar surface area (TPSA) is 33.5 Å².